The minimum atomic E-state index is -0.516. The van der Waals surface area contributed by atoms with Crippen LogP contribution in [-0.2, 0) is 6.54 Å². The van der Waals surface area contributed by atoms with E-state index in [2.05, 4.69) is 20.6 Å². The van der Waals surface area contributed by atoms with Gasteiger partial charge in [-0.1, -0.05) is 30.3 Å². The lowest BCUT2D eigenvalue weighted by Gasteiger charge is -2.10. The molecular formula is C19H17FN4O2. The molecule has 26 heavy (non-hydrogen) atoms. The maximum absolute atomic E-state index is 13.7. The van der Waals surface area contributed by atoms with Gasteiger partial charge in [0.2, 0.25) is 5.95 Å². The van der Waals surface area contributed by atoms with Crippen LogP contribution < -0.4 is 15.4 Å². The van der Waals surface area contributed by atoms with E-state index in [-0.39, 0.29) is 17.3 Å². The average Bonchev–Trinajstić information content (AvgIpc) is 2.68. The van der Waals surface area contributed by atoms with Crippen LogP contribution in [0.25, 0.3) is 0 Å². The maximum atomic E-state index is 13.7. The molecule has 0 radical (unpaired) electrons. The molecule has 0 saturated carbocycles. The second kappa shape index (κ2) is 8.06. The van der Waals surface area contributed by atoms with Gasteiger partial charge in [0.25, 0.3) is 5.91 Å². The summed E-state index contributed by atoms with van der Waals surface area (Å²) in [6, 6.07) is 15.0. The SMILES string of the molecule is COc1ccccc1CNc1nccc(C(=O)Nc2ccccc2F)n1. The van der Waals surface area contributed by atoms with Crippen LogP contribution in [0, 0.1) is 5.82 Å². The first kappa shape index (κ1) is 17.3. The number of hydrogen-bond donors (Lipinski definition) is 2. The van der Waals surface area contributed by atoms with Crippen molar-refractivity contribution in [1.82, 2.24) is 9.97 Å². The average molecular weight is 352 g/mol. The van der Waals surface area contributed by atoms with E-state index in [9.17, 15) is 9.18 Å². The number of hydrogen-bond acceptors (Lipinski definition) is 5. The summed E-state index contributed by atoms with van der Waals surface area (Å²) >= 11 is 0. The summed E-state index contributed by atoms with van der Waals surface area (Å²) in [5, 5.41) is 5.54. The van der Waals surface area contributed by atoms with Crippen LogP contribution >= 0.6 is 0 Å². The van der Waals surface area contributed by atoms with Crippen molar-refractivity contribution in [2.75, 3.05) is 17.7 Å². The largest absolute Gasteiger partial charge is 0.496 e. The van der Waals surface area contributed by atoms with Crippen LogP contribution in [0.5, 0.6) is 5.75 Å². The molecule has 2 N–H and O–H groups in total. The predicted molar refractivity (Wildman–Crippen MR) is 96.7 cm³/mol. The Kier molecular flexibility index (Phi) is 5.38. The number of amides is 1. The number of carbonyl (C=O) groups is 1. The minimum Gasteiger partial charge on any atom is -0.496 e. The summed E-state index contributed by atoms with van der Waals surface area (Å²) < 4.78 is 18.9. The number of nitrogens with zero attached hydrogens (tertiary/aromatic N) is 2. The van der Waals surface area contributed by atoms with Crippen LogP contribution in [0.2, 0.25) is 0 Å². The van der Waals surface area contributed by atoms with Crippen LogP contribution in [-0.4, -0.2) is 23.0 Å². The number of benzene rings is 2. The van der Waals surface area contributed by atoms with Gasteiger partial charge in [-0.3, -0.25) is 4.79 Å². The molecule has 0 aliphatic heterocycles. The Morgan fingerprint density at radius 3 is 2.69 bits per heavy atom. The van der Waals surface area contributed by atoms with E-state index < -0.39 is 11.7 Å². The number of halogens is 1. The van der Waals surface area contributed by atoms with Crippen LogP contribution in [0.1, 0.15) is 16.1 Å². The molecule has 0 spiro atoms. The highest BCUT2D eigenvalue weighted by Gasteiger charge is 2.11. The van der Waals surface area contributed by atoms with Crippen molar-refractivity contribution in [3.8, 4) is 5.75 Å². The van der Waals surface area contributed by atoms with Gasteiger partial charge in [0, 0.05) is 18.3 Å². The molecule has 6 nitrogen and oxygen atoms in total. The number of methoxy groups -OCH3 is 1. The van der Waals surface area contributed by atoms with E-state index in [1.807, 2.05) is 24.3 Å². The second-order valence-corrected chi connectivity index (χ2v) is 5.36. The Labute approximate surface area is 150 Å². The number of rotatable bonds is 6. The normalized spacial score (nSPS) is 10.2. The molecular weight excluding hydrogens is 335 g/mol. The summed E-state index contributed by atoms with van der Waals surface area (Å²) in [4.78, 5) is 20.5. The molecule has 0 atom stereocenters. The van der Waals surface area contributed by atoms with Gasteiger partial charge >= 0.3 is 0 Å². The molecule has 0 aliphatic carbocycles. The third kappa shape index (κ3) is 4.13. The van der Waals surface area contributed by atoms with Crippen LogP contribution in [0.4, 0.5) is 16.0 Å². The molecule has 1 aromatic heterocycles. The third-order valence-corrected chi connectivity index (χ3v) is 3.64. The lowest BCUT2D eigenvalue weighted by atomic mass is 10.2. The number of para-hydroxylation sites is 2. The molecule has 0 unspecified atom stereocenters. The Balaban J connectivity index is 1.70. The summed E-state index contributed by atoms with van der Waals surface area (Å²) in [6.45, 7) is 0.433. The second-order valence-electron chi connectivity index (χ2n) is 5.36. The van der Waals surface area contributed by atoms with Gasteiger partial charge in [-0.15, -0.1) is 0 Å². The summed E-state index contributed by atoms with van der Waals surface area (Å²) in [6.07, 6.45) is 1.47. The molecule has 7 heteroatoms. The number of nitrogens with one attached hydrogen (secondary N) is 2. The van der Waals surface area contributed by atoms with E-state index in [4.69, 9.17) is 4.74 Å². The van der Waals surface area contributed by atoms with E-state index in [1.54, 1.807) is 19.2 Å². The van der Waals surface area contributed by atoms with Gasteiger partial charge in [-0.2, -0.15) is 0 Å². The van der Waals surface area contributed by atoms with Gasteiger partial charge in [0.1, 0.15) is 17.3 Å². The standard InChI is InChI=1S/C19H17FN4O2/c1-26-17-9-5-2-6-13(17)12-22-19-21-11-10-16(24-19)18(25)23-15-8-4-3-7-14(15)20/h2-11H,12H2,1H3,(H,23,25)(H,21,22,24). The molecule has 3 aromatic rings. The molecule has 1 amide bonds. The zero-order valence-electron chi connectivity index (χ0n) is 14.1. The highest BCUT2D eigenvalue weighted by Crippen LogP contribution is 2.18. The Bertz CT molecular complexity index is 917. The van der Waals surface area contributed by atoms with Gasteiger partial charge in [-0.05, 0) is 24.3 Å². The molecule has 1 heterocycles. The molecule has 132 valence electrons. The van der Waals surface area contributed by atoms with Gasteiger partial charge in [0.05, 0.1) is 12.8 Å². The van der Waals surface area contributed by atoms with Crippen molar-refractivity contribution in [2.24, 2.45) is 0 Å². The smallest absolute Gasteiger partial charge is 0.274 e. The molecule has 2 aromatic carbocycles. The number of ether oxygens (including phenoxy) is 1. The molecule has 0 saturated heterocycles. The van der Waals surface area contributed by atoms with Crippen molar-refractivity contribution in [2.45, 2.75) is 6.54 Å². The van der Waals surface area contributed by atoms with Crippen molar-refractivity contribution >= 4 is 17.5 Å². The Hall–Kier alpha value is -3.48. The fourth-order valence-electron chi connectivity index (χ4n) is 2.34. The van der Waals surface area contributed by atoms with Crippen molar-refractivity contribution < 1.29 is 13.9 Å². The first-order valence-electron chi connectivity index (χ1n) is 7.92. The first-order chi connectivity index (χ1) is 12.7. The fourth-order valence-corrected chi connectivity index (χ4v) is 2.34. The predicted octanol–water partition coefficient (Wildman–Crippen LogP) is 3.49. The van der Waals surface area contributed by atoms with Crippen LogP contribution in [0.15, 0.2) is 60.8 Å². The van der Waals surface area contributed by atoms with Gasteiger partial charge in [-0.25, -0.2) is 14.4 Å². The zero-order valence-corrected chi connectivity index (χ0v) is 14.1. The Morgan fingerprint density at radius 2 is 1.88 bits per heavy atom. The third-order valence-electron chi connectivity index (χ3n) is 3.64. The first-order valence-corrected chi connectivity index (χ1v) is 7.92. The summed E-state index contributed by atoms with van der Waals surface area (Å²) in [5.74, 6) is 0.00723. The van der Waals surface area contributed by atoms with E-state index in [0.29, 0.717) is 6.54 Å². The molecule has 0 fully saturated rings. The van der Waals surface area contributed by atoms with Gasteiger partial charge < -0.3 is 15.4 Å². The fraction of sp³-hybridized carbons (Fsp3) is 0.105. The van der Waals surface area contributed by atoms with Crippen molar-refractivity contribution in [3.63, 3.8) is 0 Å². The zero-order chi connectivity index (χ0) is 18.4. The monoisotopic (exact) mass is 352 g/mol. The molecule has 0 bridgehead atoms. The number of carbonyl (C=O) groups excluding carboxylic acids is 1. The van der Waals surface area contributed by atoms with Crippen molar-refractivity contribution in [3.05, 3.63) is 77.9 Å². The Morgan fingerprint density at radius 1 is 1.12 bits per heavy atom. The van der Waals surface area contributed by atoms with E-state index in [0.717, 1.165) is 11.3 Å². The highest BCUT2D eigenvalue weighted by molar-refractivity contribution is 6.03. The van der Waals surface area contributed by atoms with E-state index in [1.165, 1.54) is 24.4 Å². The lowest BCUT2D eigenvalue weighted by Crippen LogP contribution is -2.16. The topological polar surface area (TPSA) is 76.1 Å². The molecule has 3 rings (SSSR count). The summed E-state index contributed by atoms with van der Waals surface area (Å²) in [7, 11) is 1.60. The maximum Gasteiger partial charge on any atom is 0.274 e. The van der Waals surface area contributed by atoms with Crippen LogP contribution in [0.3, 0.4) is 0 Å². The lowest BCUT2D eigenvalue weighted by molar-refractivity contribution is 0.102. The van der Waals surface area contributed by atoms with Gasteiger partial charge in [0.15, 0.2) is 0 Å². The molecule has 0 aliphatic rings. The van der Waals surface area contributed by atoms with E-state index >= 15 is 0 Å². The summed E-state index contributed by atoms with van der Waals surface area (Å²) in [5.41, 5.74) is 1.16. The quantitative estimate of drug-likeness (QED) is 0.710. The number of anilines is 2. The minimum absolute atomic E-state index is 0.0969. The number of aromatic nitrogens is 2. The highest BCUT2D eigenvalue weighted by atomic mass is 19.1. The van der Waals surface area contributed by atoms with Crippen molar-refractivity contribution in [1.29, 1.82) is 0 Å².